The maximum Gasteiger partial charge on any atom is 0.339 e. The fourth-order valence-electron chi connectivity index (χ4n) is 5.17. The molecule has 8 heteroatoms. The zero-order valence-electron chi connectivity index (χ0n) is 21.1. The summed E-state index contributed by atoms with van der Waals surface area (Å²) in [5, 5.41) is 4.10. The number of carbonyl (C=O) groups excluding carboxylic acids is 1. The highest BCUT2D eigenvalue weighted by molar-refractivity contribution is 7.80. The van der Waals surface area contributed by atoms with Gasteiger partial charge in [-0.05, 0) is 74.1 Å². The van der Waals surface area contributed by atoms with Crippen LogP contribution in [-0.4, -0.2) is 34.9 Å². The minimum absolute atomic E-state index is 0.205. The summed E-state index contributed by atoms with van der Waals surface area (Å²) in [5.74, 6) is 0.346. The van der Waals surface area contributed by atoms with Crippen molar-refractivity contribution in [1.29, 1.82) is 0 Å². The van der Waals surface area contributed by atoms with Crippen LogP contribution in [0.15, 0.2) is 79.0 Å². The van der Waals surface area contributed by atoms with Crippen LogP contribution in [0.3, 0.4) is 0 Å². The molecule has 4 aromatic rings. The highest BCUT2D eigenvalue weighted by atomic mass is 32.1. The van der Waals surface area contributed by atoms with E-state index >= 15 is 0 Å². The average Bonchev–Trinajstić information content (AvgIpc) is 3.43. The van der Waals surface area contributed by atoms with Crippen molar-refractivity contribution in [2.45, 2.75) is 25.9 Å². The Morgan fingerprint density at radius 1 is 0.973 bits per heavy atom. The summed E-state index contributed by atoms with van der Waals surface area (Å²) in [6.45, 7) is 4.10. The number of para-hydroxylation sites is 3. The number of rotatable bonds is 6. The maximum absolute atomic E-state index is 12.6. The van der Waals surface area contributed by atoms with Gasteiger partial charge in [0.15, 0.2) is 5.11 Å². The van der Waals surface area contributed by atoms with Crippen molar-refractivity contribution in [1.82, 2.24) is 14.9 Å². The molecule has 3 heterocycles. The van der Waals surface area contributed by atoms with E-state index in [1.807, 2.05) is 67.6 Å². The second kappa shape index (κ2) is 10.1. The molecule has 0 saturated carbocycles. The number of nitrogens with one attached hydrogen (secondary N) is 1. The first-order valence-electron chi connectivity index (χ1n) is 12.0. The van der Waals surface area contributed by atoms with E-state index in [0.29, 0.717) is 10.7 Å². The summed E-state index contributed by atoms with van der Waals surface area (Å²) in [5.41, 5.74) is 6.06. The normalized spacial score (nSPS) is 17.0. The molecule has 0 bridgehead atoms. The van der Waals surface area contributed by atoms with Crippen molar-refractivity contribution in [2.75, 3.05) is 19.1 Å². The van der Waals surface area contributed by atoms with Crippen LogP contribution in [-0.2, 0) is 4.74 Å². The van der Waals surface area contributed by atoms with Crippen molar-refractivity contribution in [2.24, 2.45) is 0 Å². The SMILES string of the molecule is COC(=O)c1ccccc1-n1c(C)cc([C@@H]2[C@@H](c3ccccn3)NC(=S)N2c2ccccc2OC)c1C. The average molecular weight is 513 g/mol. The number of carbonyl (C=O) groups is 1. The van der Waals surface area contributed by atoms with Gasteiger partial charge in [-0.1, -0.05) is 30.3 Å². The predicted octanol–water partition coefficient (Wildman–Crippen LogP) is 5.46. The number of ether oxygens (including phenoxy) is 2. The van der Waals surface area contributed by atoms with E-state index in [0.717, 1.165) is 39.8 Å². The molecule has 0 radical (unpaired) electrons. The minimum Gasteiger partial charge on any atom is -0.495 e. The van der Waals surface area contributed by atoms with Gasteiger partial charge in [0.05, 0.1) is 48.9 Å². The molecule has 7 nitrogen and oxygen atoms in total. The fraction of sp³-hybridized carbons (Fsp3) is 0.207. The predicted molar refractivity (Wildman–Crippen MR) is 148 cm³/mol. The van der Waals surface area contributed by atoms with Crippen LogP contribution in [0.25, 0.3) is 5.69 Å². The number of nitrogens with zero attached hydrogens (tertiary/aromatic N) is 3. The quantitative estimate of drug-likeness (QED) is 0.272. The highest BCUT2D eigenvalue weighted by Gasteiger charge is 2.43. The van der Waals surface area contributed by atoms with Gasteiger partial charge in [-0.3, -0.25) is 4.98 Å². The molecule has 0 amide bonds. The highest BCUT2D eigenvalue weighted by Crippen LogP contribution is 2.46. The number of benzene rings is 2. The second-order valence-corrected chi connectivity index (χ2v) is 9.23. The van der Waals surface area contributed by atoms with Crippen LogP contribution in [0.2, 0.25) is 0 Å². The number of aryl methyl sites for hydroxylation is 1. The number of anilines is 1. The Morgan fingerprint density at radius 3 is 2.38 bits per heavy atom. The van der Waals surface area contributed by atoms with Crippen molar-refractivity contribution in [3.63, 3.8) is 0 Å². The lowest BCUT2D eigenvalue weighted by Gasteiger charge is -2.29. The molecule has 37 heavy (non-hydrogen) atoms. The van der Waals surface area contributed by atoms with Gasteiger partial charge in [0, 0.05) is 17.6 Å². The molecule has 188 valence electrons. The summed E-state index contributed by atoms with van der Waals surface area (Å²) in [6, 6.07) is 22.9. The Balaban J connectivity index is 1.72. The Labute approximate surface area is 221 Å². The number of hydrogen-bond acceptors (Lipinski definition) is 5. The monoisotopic (exact) mass is 512 g/mol. The summed E-state index contributed by atoms with van der Waals surface area (Å²) in [4.78, 5) is 19.3. The number of aromatic nitrogens is 2. The van der Waals surface area contributed by atoms with Crippen molar-refractivity contribution in [3.05, 3.63) is 107 Å². The van der Waals surface area contributed by atoms with Gasteiger partial charge >= 0.3 is 5.97 Å². The van der Waals surface area contributed by atoms with E-state index in [1.54, 1.807) is 19.4 Å². The Kier molecular flexibility index (Phi) is 6.67. The number of hydrogen-bond donors (Lipinski definition) is 1. The lowest BCUT2D eigenvalue weighted by molar-refractivity contribution is 0.0600. The molecule has 1 aliphatic heterocycles. The molecule has 2 atom stereocenters. The van der Waals surface area contributed by atoms with Crippen LogP contribution < -0.4 is 15.0 Å². The first kappa shape index (κ1) is 24.5. The van der Waals surface area contributed by atoms with Gasteiger partial charge in [-0.25, -0.2) is 4.79 Å². The van der Waals surface area contributed by atoms with Gasteiger partial charge in [0.1, 0.15) is 5.75 Å². The fourth-order valence-corrected chi connectivity index (χ4v) is 5.51. The largest absolute Gasteiger partial charge is 0.495 e. The van der Waals surface area contributed by atoms with Crippen LogP contribution >= 0.6 is 12.2 Å². The molecule has 1 N–H and O–H groups in total. The number of pyridine rings is 1. The first-order valence-corrected chi connectivity index (χ1v) is 12.4. The van der Waals surface area contributed by atoms with Crippen LogP contribution in [0.5, 0.6) is 5.75 Å². The van der Waals surface area contributed by atoms with Crippen molar-refractivity contribution < 1.29 is 14.3 Å². The number of thiocarbonyl (C=S) groups is 1. The molecule has 2 aromatic heterocycles. The number of esters is 1. The van der Waals surface area contributed by atoms with E-state index in [-0.39, 0.29) is 18.1 Å². The maximum atomic E-state index is 12.6. The van der Waals surface area contributed by atoms with Crippen molar-refractivity contribution >= 4 is 29.0 Å². The third kappa shape index (κ3) is 4.23. The molecule has 2 aromatic carbocycles. The molecule has 0 spiro atoms. The molecule has 5 rings (SSSR count). The van der Waals surface area contributed by atoms with Gasteiger partial charge in [0.2, 0.25) is 0 Å². The van der Waals surface area contributed by atoms with Crippen LogP contribution in [0.1, 0.15) is 45.1 Å². The van der Waals surface area contributed by atoms with E-state index in [9.17, 15) is 4.79 Å². The summed E-state index contributed by atoms with van der Waals surface area (Å²) in [6.07, 6.45) is 1.79. The van der Waals surface area contributed by atoms with Crippen molar-refractivity contribution in [3.8, 4) is 11.4 Å². The lowest BCUT2D eigenvalue weighted by atomic mass is 9.96. The topological polar surface area (TPSA) is 68.6 Å². The zero-order valence-corrected chi connectivity index (χ0v) is 22.0. The molecular weight excluding hydrogens is 484 g/mol. The summed E-state index contributed by atoms with van der Waals surface area (Å²) < 4.78 is 12.9. The van der Waals surface area contributed by atoms with E-state index < -0.39 is 0 Å². The molecular formula is C29H28N4O3S. The van der Waals surface area contributed by atoms with Gasteiger partial charge < -0.3 is 24.3 Å². The van der Waals surface area contributed by atoms with Gasteiger partial charge in [-0.15, -0.1) is 0 Å². The Morgan fingerprint density at radius 2 is 1.68 bits per heavy atom. The smallest absolute Gasteiger partial charge is 0.339 e. The molecule has 0 aliphatic carbocycles. The van der Waals surface area contributed by atoms with Crippen LogP contribution in [0.4, 0.5) is 5.69 Å². The molecule has 1 saturated heterocycles. The minimum atomic E-state index is -0.379. The van der Waals surface area contributed by atoms with E-state index in [2.05, 4.69) is 32.8 Å². The molecule has 0 unspecified atom stereocenters. The second-order valence-electron chi connectivity index (χ2n) is 8.84. The lowest BCUT2D eigenvalue weighted by Crippen LogP contribution is -2.30. The molecule has 1 aliphatic rings. The summed E-state index contributed by atoms with van der Waals surface area (Å²) in [7, 11) is 3.06. The van der Waals surface area contributed by atoms with Crippen LogP contribution in [0, 0.1) is 13.8 Å². The summed E-state index contributed by atoms with van der Waals surface area (Å²) >= 11 is 5.89. The number of methoxy groups -OCH3 is 2. The van der Waals surface area contributed by atoms with E-state index in [4.69, 9.17) is 21.7 Å². The third-order valence-electron chi connectivity index (χ3n) is 6.78. The van der Waals surface area contributed by atoms with E-state index in [1.165, 1.54) is 7.11 Å². The zero-order chi connectivity index (χ0) is 26.1. The van der Waals surface area contributed by atoms with Gasteiger partial charge in [-0.2, -0.15) is 0 Å². The Bertz CT molecular complexity index is 1470. The molecule has 1 fully saturated rings. The third-order valence-corrected chi connectivity index (χ3v) is 7.10. The van der Waals surface area contributed by atoms with Gasteiger partial charge in [0.25, 0.3) is 0 Å². The standard InChI is InChI=1S/C29H28N4O3S/c1-18-17-21(19(2)32(18)23-13-6-5-11-20(23)28(34)36-4)27-26(22-12-9-10-16-30-22)31-29(37)33(27)24-14-7-8-15-25(24)35-3/h5-17,26-27H,1-4H3,(H,31,37)/t26-,27-/m1/s1. The Hall–Kier alpha value is -4.17. The first-order chi connectivity index (χ1) is 18.0.